The standard InChI is InChI=1S/C16H26N2O3/c1-12(2)16(3,20)11-18-15(19)17-9-8-13-6-5-7-14(10-13)21-4/h5-7,10,12,20H,8-9,11H2,1-4H3,(H2,17,18,19). The van der Waals surface area contributed by atoms with Crippen molar-refractivity contribution in [2.45, 2.75) is 32.8 Å². The monoisotopic (exact) mass is 294 g/mol. The van der Waals surface area contributed by atoms with Crippen molar-refractivity contribution < 1.29 is 14.6 Å². The van der Waals surface area contributed by atoms with Crippen molar-refractivity contribution in [1.82, 2.24) is 10.6 Å². The molecule has 0 bridgehead atoms. The van der Waals surface area contributed by atoms with E-state index in [1.165, 1.54) is 0 Å². The summed E-state index contributed by atoms with van der Waals surface area (Å²) in [5, 5.41) is 15.5. The van der Waals surface area contributed by atoms with Gasteiger partial charge in [-0.1, -0.05) is 26.0 Å². The van der Waals surface area contributed by atoms with Gasteiger partial charge in [-0.25, -0.2) is 4.79 Å². The van der Waals surface area contributed by atoms with Gasteiger partial charge in [-0.05, 0) is 37.0 Å². The summed E-state index contributed by atoms with van der Waals surface area (Å²) in [7, 11) is 1.63. The van der Waals surface area contributed by atoms with Gasteiger partial charge in [-0.2, -0.15) is 0 Å². The fourth-order valence-corrected chi connectivity index (χ4v) is 1.67. The van der Waals surface area contributed by atoms with Crippen LogP contribution in [-0.4, -0.2) is 36.9 Å². The Kier molecular flexibility index (Phi) is 6.49. The Hall–Kier alpha value is -1.75. The SMILES string of the molecule is COc1cccc(CCNC(=O)NCC(C)(O)C(C)C)c1. The molecular weight excluding hydrogens is 268 g/mol. The average molecular weight is 294 g/mol. The number of rotatable bonds is 7. The molecule has 2 amide bonds. The molecule has 5 nitrogen and oxygen atoms in total. The van der Waals surface area contributed by atoms with Crippen molar-refractivity contribution in [2.75, 3.05) is 20.2 Å². The Labute approximate surface area is 126 Å². The van der Waals surface area contributed by atoms with Gasteiger partial charge in [-0.15, -0.1) is 0 Å². The zero-order valence-corrected chi connectivity index (χ0v) is 13.3. The van der Waals surface area contributed by atoms with Crippen LogP contribution in [0.3, 0.4) is 0 Å². The fraction of sp³-hybridized carbons (Fsp3) is 0.562. The highest BCUT2D eigenvalue weighted by atomic mass is 16.5. The van der Waals surface area contributed by atoms with Gasteiger partial charge >= 0.3 is 6.03 Å². The second kappa shape index (κ2) is 7.88. The van der Waals surface area contributed by atoms with Crippen LogP contribution < -0.4 is 15.4 Å². The predicted molar refractivity (Wildman–Crippen MR) is 83.6 cm³/mol. The molecule has 5 heteroatoms. The third kappa shape index (κ3) is 6.04. The molecule has 0 fully saturated rings. The quantitative estimate of drug-likeness (QED) is 0.720. The molecule has 3 N–H and O–H groups in total. The first-order valence-electron chi connectivity index (χ1n) is 7.22. The topological polar surface area (TPSA) is 70.6 Å². The Morgan fingerprint density at radius 2 is 2.10 bits per heavy atom. The minimum absolute atomic E-state index is 0.0783. The highest BCUT2D eigenvalue weighted by Crippen LogP contribution is 2.14. The maximum atomic E-state index is 11.7. The van der Waals surface area contributed by atoms with Gasteiger partial charge in [-0.3, -0.25) is 0 Å². The lowest BCUT2D eigenvalue weighted by Gasteiger charge is -2.27. The van der Waals surface area contributed by atoms with E-state index in [-0.39, 0.29) is 18.5 Å². The molecule has 0 saturated carbocycles. The largest absolute Gasteiger partial charge is 0.497 e. The van der Waals surface area contributed by atoms with Crippen molar-refractivity contribution in [3.8, 4) is 5.75 Å². The van der Waals surface area contributed by atoms with E-state index in [2.05, 4.69) is 10.6 Å². The highest BCUT2D eigenvalue weighted by molar-refractivity contribution is 5.73. The van der Waals surface area contributed by atoms with Crippen LogP contribution in [0.1, 0.15) is 26.3 Å². The van der Waals surface area contributed by atoms with Crippen LogP contribution in [0, 0.1) is 5.92 Å². The minimum Gasteiger partial charge on any atom is -0.497 e. The number of nitrogens with one attached hydrogen (secondary N) is 2. The third-order valence-corrected chi connectivity index (χ3v) is 3.68. The number of methoxy groups -OCH3 is 1. The molecular formula is C16H26N2O3. The van der Waals surface area contributed by atoms with E-state index in [4.69, 9.17) is 4.74 Å². The molecule has 0 aliphatic rings. The number of ether oxygens (including phenoxy) is 1. The molecule has 0 heterocycles. The van der Waals surface area contributed by atoms with Crippen molar-refractivity contribution in [3.63, 3.8) is 0 Å². The van der Waals surface area contributed by atoms with Crippen LogP contribution in [0.25, 0.3) is 0 Å². The number of carbonyl (C=O) groups excluding carboxylic acids is 1. The second-order valence-electron chi connectivity index (χ2n) is 5.72. The van der Waals surface area contributed by atoms with E-state index >= 15 is 0 Å². The van der Waals surface area contributed by atoms with Crippen LogP contribution in [0.5, 0.6) is 5.75 Å². The van der Waals surface area contributed by atoms with Gasteiger partial charge in [0.2, 0.25) is 0 Å². The summed E-state index contributed by atoms with van der Waals surface area (Å²) >= 11 is 0. The van der Waals surface area contributed by atoms with Gasteiger partial charge in [0.15, 0.2) is 0 Å². The number of hydrogen-bond donors (Lipinski definition) is 3. The summed E-state index contributed by atoms with van der Waals surface area (Å²) in [5.41, 5.74) is 0.202. The van der Waals surface area contributed by atoms with Crippen molar-refractivity contribution in [1.29, 1.82) is 0 Å². The molecule has 118 valence electrons. The third-order valence-electron chi connectivity index (χ3n) is 3.68. The molecule has 0 aromatic heterocycles. The highest BCUT2D eigenvalue weighted by Gasteiger charge is 2.25. The summed E-state index contributed by atoms with van der Waals surface area (Å²) in [4.78, 5) is 11.7. The Balaban J connectivity index is 2.30. The number of carbonyl (C=O) groups is 1. The van der Waals surface area contributed by atoms with Gasteiger partial charge < -0.3 is 20.5 Å². The van der Waals surface area contributed by atoms with Gasteiger partial charge in [0.1, 0.15) is 5.75 Å². The molecule has 1 atom stereocenters. The number of aliphatic hydroxyl groups is 1. The molecule has 1 rings (SSSR count). The van der Waals surface area contributed by atoms with E-state index < -0.39 is 5.60 Å². The Morgan fingerprint density at radius 1 is 1.38 bits per heavy atom. The van der Waals surface area contributed by atoms with E-state index in [0.717, 1.165) is 17.7 Å². The molecule has 0 aliphatic carbocycles. The first kappa shape index (κ1) is 17.3. The number of amides is 2. The zero-order valence-electron chi connectivity index (χ0n) is 13.3. The van der Waals surface area contributed by atoms with Crippen molar-refractivity contribution in [3.05, 3.63) is 29.8 Å². The van der Waals surface area contributed by atoms with Crippen molar-refractivity contribution >= 4 is 6.03 Å². The Morgan fingerprint density at radius 3 is 2.71 bits per heavy atom. The van der Waals surface area contributed by atoms with Gasteiger partial charge in [0.25, 0.3) is 0 Å². The van der Waals surface area contributed by atoms with E-state index in [1.54, 1.807) is 14.0 Å². The molecule has 1 unspecified atom stereocenters. The second-order valence-corrected chi connectivity index (χ2v) is 5.72. The first-order chi connectivity index (χ1) is 9.85. The maximum Gasteiger partial charge on any atom is 0.314 e. The van der Waals surface area contributed by atoms with Crippen LogP contribution >= 0.6 is 0 Å². The van der Waals surface area contributed by atoms with Crippen molar-refractivity contribution in [2.24, 2.45) is 5.92 Å². The number of hydrogen-bond acceptors (Lipinski definition) is 3. The Bertz CT molecular complexity index is 459. The van der Waals surface area contributed by atoms with E-state index in [0.29, 0.717) is 6.54 Å². The molecule has 21 heavy (non-hydrogen) atoms. The summed E-state index contributed by atoms with van der Waals surface area (Å²) in [6.45, 7) is 6.32. The minimum atomic E-state index is -0.899. The molecule has 0 radical (unpaired) electrons. The molecule has 0 spiro atoms. The van der Waals surface area contributed by atoms with Crippen LogP contribution in [0.2, 0.25) is 0 Å². The lowest BCUT2D eigenvalue weighted by Crippen LogP contribution is -2.47. The molecule has 1 aromatic rings. The predicted octanol–water partition coefficient (Wildman–Crippen LogP) is 1.94. The molecule has 0 aliphatic heterocycles. The normalized spacial score (nSPS) is 13.6. The summed E-state index contributed by atoms with van der Waals surface area (Å²) < 4.78 is 5.15. The van der Waals surface area contributed by atoms with Gasteiger partial charge in [0.05, 0.1) is 12.7 Å². The number of urea groups is 1. The molecule has 1 aromatic carbocycles. The zero-order chi connectivity index (χ0) is 15.9. The van der Waals surface area contributed by atoms with E-state index in [1.807, 2.05) is 38.1 Å². The summed E-state index contributed by atoms with van der Waals surface area (Å²) in [6.07, 6.45) is 0.727. The lowest BCUT2D eigenvalue weighted by atomic mass is 9.93. The average Bonchev–Trinajstić information content (AvgIpc) is 2.45. The first-order valence-corrected chi connectivity index (χ1v) is 7.22. The van der Waals surface area contributed by atoms with Crippen LogP contribution in [-0.2, 0) is 6.42 Å². The fourth-order valence-electron chi connectivity index (χ4n) is 1.67. The van der Waals surface area contributed by atoms with Gasteiger partial charge in [0, 0.05) is 13.1 Å². The molecule has 0 saturated heterocycles. The van der Waals surface area contributed by atoms with Crippen LogP contribution in [0.15, 0.2) is 24.3 Å². The maximum absolute atomic E-state index is 11.7. The lowest BCUT2D eigenvalue weighted by molar-refractivity contribution is 0.0166. The van der Waals surface area contributed by atoms with Crippen LogP contribution in [0.4, 0.5) is 4.79 Å². The smallest absolute Gasteiger partial charge is 0.314 e. The summed E-state index contributed by atoms with van der Waals surface area (Å²) in [6, 6.07) is 7.49. The summed E-state index contributed by atoms with van der Waals surface area (Å²) in [5.74, 6) is 0.888. The number of benzene rings is 1. The van der Waals surface area contributed by atoms with E-state index in [9.17, 15) is 9.90 Å².